The number of benzene rings is 1. The van der Waals surface area contributed by atoms with Crippen LogP contribution < -0.4 is 15.8 Å². The average molecular weight is 427 g/mol. The summed E-state index contributed by atoms with van der Waals surface area (Å²) in [7, 11) is 0. The Kier molecular flexibility index (Phi) is 5.53. The van der Waals surface area contributed by atoms with E-state index in [2.05, 4.69) is 15.4 Å². The molecule has 31 heavy (non-hydrogen) atoms. The van der Waals surface area contributed by atoms with Crippen LogP contribution in [-0.4, -0.2) is 45.8 Å². The first-order valence-electron chi connectivity index (χ1n) is 10.3. The largest absolute Gasteiger partial charge is 0.372 e. The lowest BCUT2D eigenvalue weighted by molar-refractivity contribution is -0.115. The van der Waals surface area contributed by atoms with Crippen molar-refractivity contribution in [2.45, 2.75) is 46.3 Å². The van der Waals surface area contributed by atoms with E-state index in [4.69, 9.17) is 4.74 Å². The lowest BCUT2D eigenvalue weighted by atomic mass is 10.1. The van der Waals surface area contributed by atoms with Gasteiger partial charge in [0.2, 0.25) is 5.91 Å². The number of amides is 1. The number of rotatable bonds is 4. The molecule has 3 aromatic rings. The van der Waals surface area contributed by atoms with E-state index in [1.54, 1.807) is 23.6 Å². The van der Waals surface area contributed by atoms with E-state index in [0.29, 0.717) is 41.4 Å². The van der Waals surface area contributed by atoms with Gasteiger partial charge in [0.05, 0.1) is 24.3 Å². The Hall–Kier alpha value is -3.20. The molecule has 164 valence electrons. The van der Waals surface area contributed by atoms with Crippen LogP contribution in [0.5, 0.6) is 0 Å². The fraction of sp³-hybridized carbons (Fsp3) is 0.409. The zero-order valence-electron chi connectivity index (χ0n) is 18.0. The number of aryl methyl sites for hydroxylation is 2. The number of halogens is 1. The number of morpholine rings is 1. The maximum absolute atomic E-state index is 14.8. The summed E-state index contributed by atoms with van der Waals surface area (Å²) < 4.78 is 22.1. The summed E-state index contributed by atoms with van der Waals surface area (Å²) in [6, 6.07) is 6.13. The minimum atomic E-state index is -0.389. The average Bonchev–Trinajstić information content (AvgIpc) is 3.04. The molecule has 1 aliphatic rings. The minimum Gasteiger partial charge on any atom is -0.372 e. The van der Waals surface area contributed by atoms with E-state index in [9.17, 15) is 14.0 Å². The number of aromatic amines is 1. The quantitative estimate of drug-likeness (QED) is 0.668. The first-order valence-corrected chi connectivity index (χ1v) is 10.3. The molecule has 1 aromatic carbocycles. The highest BCUT2D eigenvalue weighted by Crippen LogP contribution is 2.26. The molecule has 0 aliphatic carbocycles. The lowest BCUT2D eigenvalue weighted by Crippen LogP contribution is -2.45. The monoisotopic (exact) mass is 427 g/mol. The number of H-pyrrole nitrogens is 1. The van der Waals surface area contributed by atoms with Crippen LogP contribution in [0.15, 0.2) is 29.1 Å². The molecule has 8 nitrogen and oxygen atoms in total. The molecule has 2 aromatic heterocycles. The number of carbonyl (C=O) groups is 1. The summed E-state index contributed by atoms with van der Waals surface area (Å²) >= 11 is 0. The van der Waals surface area contributed by atoms with Crippen molar-refractivity contribution in [2.75, 3.05) is 23.3 Å². The van der Waals surface area contributed by atoms with Crippen LogP contribution in [0.3, 0.4) is 0 Å². The number of aromatic nitrogens is 3. The zero-order valence-corrected chi connectivity index (χ0v) is 18.0. The number of fused-ring (bicyclic) bond motifs is 1. The highest BCUT2D eigenvalue weighted by atomic mass is 19.1. The molecular weight excluding hydrogens is 401 g/mol. The van der Waals surface area contributed by atoms with Gasteiger partial charge in [0.1, 0.15) is 5.82 Å². The molecule has 1 fully saturated rings. The van der Waals surface area contributed by atoms with Crippen LogP contribution in [-0.2, 0) is 16.0 Å². The van der Waals surface area contributed by atoms with Crippen LogP contribution >= 0.6 is 0 Å². The van der Waals surface area contributed by atoms with E-state index >= 15 is 0 Å². The number of nitrogens with one attached hydrogen (secondary N) is 2. The van der Waals surface area contributed by atoms with Crippen LogP contribution in [0, 0.1) is 19.7 Å². The third-order valence-corrected chi connectivity index (χ3v) is 5.53. The van der Waals surface area contributed by atoms with Gasteiger partial charge in [-0.3, -0.25) is 14.7 Å². The van der Waals surface area contributed by atoms with Gasteiger partial charge >= 0.3 is 0 Å². The smallest absolute Gasteiger partial charge is 0.266 e. The van der Waals surface area contributed by atoms with Gasteiger partial charge in [-0.1, -0.05) is 0 Å². The standard InChI is InChI=1S/C22H26FN5O3/c1-12-10-27(11-13(2)31-12)19-6-5-16(7-18(19)23)25-21(29)8-17-14(3)24-20-9-22(30)26-28(20)15(17)4/h5-7,9,12-13H,8,10-11H2,1-4H3,(H,25,29)(H,26,30). The molecule has 0 bridgehead atoms. The highest BCUT2D eigenvalue weighted by Gasteiger charge is 2.24. The first-order chi connectivity index (χ1) is 14.7. The van der Waals surface area contributed by atoms with Crippen molar-refractivity contribution in [2.24, 2.45) is 0 Å². The molecule has 9 heteroatoms. The fourth-order valence-electron chi connectivity index (χ4n) is 4.19. The Morgan fingerprint density at radius 3 is 2.65 bits per heavy atom. The molecule has 0 spiro atoms. The highest BCUT2D eigenvalue weighted by molar-refractivity contribution is 5.92. The van der Waals surface area contributed by atoms with Crippen molar-refractivity contribution in [3.8, 4) is 0 Å². The topological polar surface area (TPSA) is 91.7 Å². The lowest BCUT2D eigenvalue weighted by Gasteiger charge is -2.37. The molecule has 3 heterocycles. The number of hydrogen-bond acceptors (Lipinski definition) is 5. The molecule has 2 N–H and O–H groups in total. The fourth-order valence-corrected chi connectivity index (χ4v) is 4.19. The van der Waals surface area contributed by atoms with Gasteiger partial charge in [-0.2, -0.15) is 0 Å². The Bertz CT molecular complexity index is 1190. The Morgan fingerprint density at radius 1 is 1.26 bits per heavy atom. The third kappa shape index (κ3) is 4.32. The summed E-state index contributed by atoms with van der Waals surface area (Å²) in [5.41, 5.74) is 3.26. The number of hydrogen-bond donors (Lipinski definition) is 2. The Balaban J connectivity index is 1.50. The summed E-state index contributed by atoms with van der Waals surface area (Å²) in [5.74, 6) is -0.679. The molecule has 1 amide bonds. The third-order valence-electron chi connectivity index (χ3n) is 5.53. The van der Waals surface area contributed by atoms with E-state index in [1.807, 2.05) is 25.7 Å². The van der Waals surface area contributed by atoms with E-state index in [-0.39, 0.29) is 35.9 Å². The maximum Gasteiger partial charge on any atom is 0.266 e. The molecule has 1 saturated heterocycles. The van der Waals surface area contributed by atoms with Gasteiger partial charge in [0, 0.05) is 41.8 Å². The van der Waals surface area contributed by atoms with Crippen molar-refractivity contribution in [1.82, 2.24) is 14.6 Å². The van der Waals surface area contributed by atoms with Gasteiger partial charge in [0.25, 0.3) is 5.56 Å². The van der Waals surface area contributed by atoms with Crippen molar-refractivity contribution >= 4 is 22.9 Å². The summed E-state index contributed by atoms with van der Waals surface area (Å²) in [6.07, 6.45) is 0.105. The summed E-state index contributed by atoms with van der Waals surface area (Å²) in [6.45, 7) is 8.78. The van der Waals surface area contributed by atoms with Gasteiger partial charge < -0.3 is 15.0 Å². The Labute approximate surface area is 179 Å². The SMILES string of the molecule is Cc1nc2cc(=O)[nH]n2c(C)c1CC(=O)Nc1ccc(N2CC(C)OC(C)C2)c(F)c1. The van der Waals surface area contributed by atoms with Gasteiger partial charge in [0.15, 0.2) is 5.65 Å². The normalized spacial score (nSPS) is 19.1. The summed E-state index contributed by atoms with van der Waals surface area (Å²) in [4.78, 5) is 30.6. The van der Waals surface area contributed by atoms with Crippen molar-refractivity contribution < 1.29 is 13.9 Å². The second-order valence-electron chi connectivity index (χ2n) is 8.13. The number of nitrogens with zero attached hydrogens (tertiary/aromatic N) is 3. The van der Waals surface area contributed by atoms with Crippen molar-refractivity contribution in [3.63, 3.8) is 0 Å². The molecule has 1 aliphatic heterocycles. The van der Waals surface area contributed by atoms with Crippen LogP contribution in [0.25, 0.3) is 5.65 Å². The summed E-state index contributed by atoms with van der Waals surface area (Å²) in [5, 5.41) is 5.43. The number of ether oxygens (including phenoxy) is 1. The second kappa shape index (κ2) is 8.14. The van der Waals surface area contributed by atoms with E-state index < -0.39 is 0 Å². The predicted molar refractivity (Wildman–Crippen MR) is 116 cm³/mol. The van der Waals surface area contributed by atoms with Crippen molar-refractivity contribution in [1.29, 1.82) is 0 Å². The number of carbonyl (C=O) groups excluding carboxylic acids is 1. The van der Waals surface area contributed by atoms with Gasteiger partial charge in [-0.05, 0) is 45.9 Å². The molecule has 0 saturated carbocycles. The molecule has 2 unspecified atom stereocenters. The maximum atomic E-state index is 14.8. The molecule has 0 radical (unpaired) electrons. The van der Waals surface area contributed by atoms with Gasteiger partial charge in [-0.15, -0.1) is 0 Å². The van der Waals surface area contributed by atoms with Crippen LogP contribution in [0.2, 0.25) is 0 Å². The van der Waals surface area contributed by atoms with E-state index in [0.717, 1.165) is 5.69 Å². The number of anilines is 2. The second-order valence-corrected chi connectivity index (χ2v) is 8.13. The van der Waals surface area contributed by atoms with Crippen LogP contribution in [0.1, 0.15) is 30.8 Å². The molecule has 2 atom stereocenters. The van der Waals surface area contributed by atoms with Crippen molar-refractivity contribution in [3.05, 3.63) is 57.4 Å². The predicted octanol–water partition coefficient (Wildman–Crippen LogP) is 2.57. The zero-order chi connectivity index (χ0) is 22.3. The first kappa shape index (κ1) is 21.0. The molecule has 4 rings (SSSR count). The minimum absolute atomic E-state index is 0.0233. The van der Waals surface area contributed by atoms with Gasteiger partial charge in [-0.25, -0.2) is 13.9 Å². The van der Waals surface area contributed by atoms with E-state index in [1.165, 1.54) is 12.1 Å². The van der Waals surface area contributed by atoms with Crippen LogP contribution in [0.4, 0.5) is 15.8 Å². The Morgan fingerprint density at radius 2 is 1.97 bits per heavy atom. The molecular formula is C22H26FN5O3.